The second-order valence-corrected chi connectivity index (χ2v) is 9.05. The summed E-state index contributed by atoms with van der Waals surface area (Å²) in [6, 6.07) is 8.14. The van der Waals surface area contributed by atoms with Gasteiger partial charge in [0.25, 0.3) is 5.91 Å². The zero-order valence-corrected chi connectivity index (χ0v) is 20.5. The molecule has 1 aromatic carbocycles. The van der Waals surface area contributed by atoms with E-state index in [0.29, 0.717) is 26.2 Å². The average Bonchev–Trinajstić information content (AvgIpc) is 3.08. The quantitative estimate of drug-likeness (QED) is 0.548. The van der Waals surface area contributed by atoms with E-state index in [1.165, 1.54) is 12.4 Å². The van der Waals surface area contributed by atoms with Crippen LogP contribution in [0.2, 0.25) is 0 Å². The number of nitrogens with two attached hydrogens (primary N) is 1. The number of nitrogen functional groups attached to an aromatic ring is 1. The third kappa shape index (κ3) is 5.65. The monoisotopic (exact) mass is 476 g/mol. The lowest BCUT2D eigenvalue weighted by Crippen LogP contribution is -2.40. The van der Waals surface area contributed by atoms with Gasteiger partial charge in [-0.2, -0.15) is 0 Å². The van der Waals surface area contributed by atoms with Gasteiger partial charge in [0.1, 0.15) is 5.82 Å². The molecule has 0 atom stereocenters. The van der Waals surface area contributed by atoms with Crippen molar-refractivity contribution < 1.29 is 9.59 Å². The van der Waals surface area contributed by atoms with Gasteiger partial charge < -0.3 is 25.8 Å². The van der Waals surface area contributed by atoms with Gasteiger partial charge in [0, 0.05) is 56.1 Å². The summed E-state index contributed by atoms with van der Waals surface area (Å²) in [6.45, 7) is 5.49. The topological polar surface area (TPSA) is 121 Å². The fourth-order valence-corrected chi connectivity index (χ4v) is 4.32. The molecule has 3 heterocycles. The van der Waals surface area contributed by atoms with Crippen molar-refractivity contribution in [1.29, 1.82) is 0 Å². The van der Waals surface area contributed by atoms with Crippen molar-refractivity contribution in [3.63, 3.8) is 0 Å². The van der Waals surface area contributed by atoms with Gasteiger partial charge in [0.15, 0.2) is 11.5 Å². The number of rotatable bonds is 6. The van der Waals surface area contributed by atoms with E-state index in [0.717, 1.165) is 40.8 Å². The molecule has 4 rings (SSSR count). The molecule has 0 unspecified atom stereocenters. The van der Waals surface area contributed by atoms with E-state index in [9.17, 15) is 9.59 Å². The lowest BCUT2D eigenvalue weighted by molar-refractivity contribution is -0.131. The number of likely N-dealkylation sites (N-methyl/N-ethyl adjacent to an activating group) is 1. The van der Waals surface area contributed by atoms with E-state index in [-0.39, 0.29) is 29.9 Å². The number of aryl methyl sites for hydroxylation is 1. The standard InChI is InChI=1S/C25H32N8O2/c1-17-6-4-7-18-14-19(15-29-25(35)22-23(26)28-9-8-27-22)24(30-21(17)18)33-11-5-10-32(12-13-33)20(34)16-31(2)3/h4,6-9,14H,5,10-13,15-16H2,1-3H3,(H2,26,28)(H,29,35). The number of nitrogens with one attached hydrogen (secondary N) is 1. The summed E-state index contributed by atoms with van der Waals surface area (Å²) in [5, 5.41) is 3.93. The smallest absolute Gasteiger partial charge is 0.273 e. The Morgan fingerprint density at radius 2 is 1.91 bits per heavy atom. The van der Waals surface area contributed by atoms with Crippen molar-refractivity contribution in [2.75, 3.05) is 57.5 Å². The number of para-hydroxylation sites is 1. The number of amides is 2. The van der Waals surface area contributed by atoms with Gasteiger partial charge in [0.05, 0.1) is 12.1 Å². The first-order valence-electron chi connectivity index (χ1n) is 11.7. The number of carbonyl (C=O) groups is 2. The highest BCUT2D eigenvalue weighted by Gasteiger charge is 2.23. The molecule has 1 aliphatic rings. The number of fused-ring (bicyclic) bond motifs is 1. The summed E-state index contributed by atoms with van der Waals surface area (Å²) in [5.41, 5.74) is 8.84. The molecule has 1 saturated heterocycles. The van der Waals surface area contributed by atoms with Crippen LogP contribution in [0, 0.1) is 6.92 Å². The number of pyridine rings is 1. The Morgan fingerprint density at radius 1 is 1.11 bits per heavy atom. The fraction of sp³-hybridized carbons (Fsp3) is 0.400. The number of benzene rings is 1. The lowest BCUT2D eigenvalue weighted by Gasteiger charge is -2.26. The Morgan fingerprint density at radius 3 is 2.69 bits per heavy atom. The second kappa shape index (κ2) is 10.6. The Balaban J connectivity index is 1.60. The molecule has 3 aromatic rings. The molecule has 0 radical (unpaired) electrons. The molecule has 0 saturated carbocycles. The molecule has 0 aliphatic carbocycles. The molecule has 184 valence electrons. The first-order valence-corrected chi connectivity index (χ1v) is 11.7. The largest absolute Gasteiger partial charge is 0.382 e. The minimum absolute atomic E-state index is 0.0903. The Bertz CT molecular complexity index is 1230. The van der Waals surface area contributed by atoms with Crippen molar-refractivity contribution in [2.45, 2.75) is 19.9 Å². The highest BCUT2D eigenvalue weighted by Crippen LogP contribution is 2.27. The van der Waals surface area contributed by atoms with Gasteiger partial charge >= 0.3 is 0 Å². The molecular weight excluding hydrogens is 444 g/mol. The first kappa shape index (κ1) is 24.3. The Labute approximate surface area is 205 Å². The minimum Gasteiger partial charge on any atom is -0.382 e. The zero-order chi connectivity index (χ0) is 24.9. The molecule has 0 spiro atoms. The van der Waals surface area contributed by atoms with Gasteiger partial charge in [-0.3, -0.25) is 9.59 Å². The van der Waals surface area contributed by atoms with Crippen LogP contribution in [0.4, 0.5) is 11.6 Å². The summed E-state index contributed by atoms with van der Waals surface area (Å²) in [6.07, 6.45) is 3.73. The summed E-state index contributed by atoms with van der Waals surface area (Å²) in [4.78, 5) is 44.4. The van der Waals surface area contributed by atoms with Crippen molar-refractivity contribution in [3.8, 4) is 0 Å². The van der Waals surface area contributed by atoms with Crippen molar-refractivity contribution >= 4 is 34.4 Å². The van der Waals surface area contributed by atoms with Crippen LogP contribution in [-0.2, 0) is 11.3 Å². The van der Waals surface area contributed by atoms with Crippen molar-refractivity contribution in [1.82, 2.24) is 30.1 Å². The van der Waals surface area contributed by atoms with Crippen LogP contribution in [0.25, 0.3) is 10.9 Å². The fourth-order valence-electron chi connectivity index (χ4n) is 4.32. The van der Waals surface area contributed by atoms with Crippen LogP contribution >= 0.6 is 0 Å². The van der Waals surface area contributed by atoms with Crippen molar-refractivity contribution in [3.05, 3.63) is 53.5 Å². The van der Waals surface area contributed by atoms with Crippen LogP contribution in [0.1, 0.15) is 28.0 Å². The highest BCUT2D eigenvalue weighted by molar-refractivity contribution is 5.96. The summed E-state index contributed by atoms with van der Waals surface area (Å²) < 4.78 is 0. The predicted octanol–water partition coefficient (Wildman–Crippen LogP) is 1.45. The molecule has 1 aliphatic heterocycles. The summed E-state index contributed by atoms with van der Waals surface area (Å²) in [7, 11) is 3.80. The summed E-state index contributed by atoms with van der Waals surface area (Å²) in [5.74, 6) is 0.657. The average molecular weight is 477 g/mol. The molecule has 2 amide bonds. The van der Waals surface area contributed by atoms with Gasteiger partial charge in [-0.25, -0.2) is 15.0 Å². The van der Waals surface area contributed by atoms with E-state index in [4.69, 9.17) is 10.7 Å². The molecule has 10 heteroatoms. The van der Waals surface area contributed by atoms with E-state index in [1.807, 2.05) is 49.0 Å². The molecule has 35 heavy (non-hydrogen) atoms. The molecule has 1 fully saturated rings. The van der Waals surface area contributed by atoms with Gasteiger partial charge in [-0.1, -0.05) is 18.2 Å². The van der Waals surface area contributed by atoms with Crippen LogP contribution in [0.5, 0.6) is 0 Å². The number of aromatic nitrogens is 3. The van der Waals surface area contributed by atoms with Crippen LogP contribution in [-0.4, -0.2) is 83.4 Å². The Kier molecular flexibility index (Phi) is 7.40. The first-order chi connectivity index (χ1) is 16.8. The van der Waals surface area contributed by atoms with Crippen LogP contribution in [0.3, 0.4) is 0 Å². The third-order valence-corrected chi connectivity index (χ3v) is 6.08. The third-order valence-electron chi connectivity index (χ3n) is 6.08. The highest BCUT2D eigenvalue weighted by atomic mass is 16.2. The van der Waals surface area contributed by atoms with Crippen LogP contribution in [0.15, 0.2) is 36.7 Å². The molecule has 10 nitrogen and oxygen atoms in total. The van der Waals surface area contributed by atoms with Gasteiger partial charge in [-0.05, 0) is 39.1 Å². The van der Waals surface area contributed by atoms with E-state index >= 15 is 0 Å². The summed E-state index contributed by atoms with van der Waals surface area (Å²) >= 11 is 0. The second-order valence-electron chi connectivity index (χ2n) is 9.05. The molecular formula is C25H32N8O2. The van der Waals surface area contributed by atoms with E-state index < -0.39 is 0 Å². The van der Waals surface area contributed by atoms with Crippen molar-refractivity contribution in [2.24, 2.45) is 0 Å². The number of nitrogens with zero attached hydrogens (tertiary/aromatic N) is 6. The SMILES string of the molecule is Cc1cccc2cc(CNC(=O)c3nccnc3N)c(N3CCCN(C(=O)CN(C)C)CC3)nc12. The van der Waals surface area contributed by atoms with Gasteiger partial charge in [0.2, 0.25) is 5.91 Å². The number of anilines is 2. The zero-order valence-electron chi connectivity index (χ0n) is 20.5. The normalized spacial score (nSPS) is 14.3. The number of hydrogen-bond acceptors (Lipinski definition) is 8. The molecule has 0 bridgehead atoms. The van der Waals surface area contributed by atoms with Crippen LogP contribution < -0.4 is 16.0 Å². The maximum Gasteiger partial charge on any atom is 0.273 e. The number of carbonyl (C=O) groups excluding carboxylic acids is 2. The minimum atomic E-state index is -0.387. The van der Waals surface area contributed by atoms with Gasteiger partial charge in [-0.15, -0.1) is 0 Å². The molecule has 2 aromatic heterocycles. The lowest BCUT2D eigenvalue weighted by atomic mass is 10.1. The Hall–Kier alpha value is -3.79. The maximum absolute atomic E-state index is 12.7. The predicted molar refractivity (Wildman–Crippen MR) is 136 cm³/mol. The molecule has 3 N–H and O–H groups in total. The van der Waals surface area contributed by atoms with E-state index in [1.54, 1.807) is 0 Å². The maximum atomic E-state index is 12.7. The number of hydrogen-bond donors (Lipinski definition) is 2. The van der Waals surface area contributed by atoms with E-state index in [2.05, 4.69) is 26.3 Å².